The number of rotatable bonds is 7. The highest BCUT2D eigenvalue weighted by Crippen LogP contribution is 2.42. The molecule has 0 N–H and O–H groups in total. The van der Waals surface area contributed by atoms with Crippen LogP contribution in [0.4, 0.5) is 5.69 Å². The van der Waals surface area contributed by atoms with Crippen LogP contribution in [0.25, 0.3) is 6.08 Å². The molecule has 0 bridgehead atoms. The molecule has 1 amide bonds. The number of hydrogen-bond donors (Lipinski definition) is 0. The lowest BCUT2D eigenvalue weighted by Gasteiger charge is -2.14. The Morgan fingerprint density at radius 3 is 2.59 bits per heavy atom. The van der Waals surface area contributed by atoms with E-state index in [9.17, 15) is 4.79 Å². The average Bonchev–Trinajstić information content (AvgIpc) is 3.03. The number of amidine groups is 1. The number of nitrogens with zero attached hydrogens (tertiary/aromatic N) is 3. The zero-order chi connectivity index (χ0) is 20.8. The molecular weight excluding hydrogens is 390 g/mol. The first-order valence-electron chi connectivity index (χ1n) is 8.73. The summed E-state index contributed by atoms with van der Waals surface area (Å²) in [6.45, 7) is 4.09. The Labute approximate surface area is 173 Å². The quantitative estimate of drug-likeness (QED) is 0.508. The van der Waals surface area contributed by atoms with Crippen molar-refractivity contribution in [1.82, 2.24) is 9.88 Å². The zero-order valence-electron chi connectivity index (χ0n) is 16.4. The predicted octanol–water partition coefficient (Wildman–Crippen LogP) is 3.90. The largest absolute Gasteiger partial charge is 0.493 e. The van der Waals surface area contributed by atoms with Crippen molar-refractivity contribution in [2.45, 2.75) is 0 Å². The van der Waals surface area contributed by atoms with Crippen LogP contribution in [0, 0.1) is 0 Å². The van der Waals surface area contributed by atoms with Crippen LogP contribution in [0.15, 0.2) is 59.2 Å². The van der Waals surface area contributed by atoms with E-state index >= 15 is 0 Å². The van der Waals surface area contributed by atoms with Crippen molar-refractivity contribution >= 4 is 34.6 Å². The molecule has 3 rings (SSSR count). The van der Waals surface area contributed by atoms with Crippen molar-refractivity contribution in [3.63, 3.8) is 0 Å². The monoisotopic (exact) mass is 411 g/mol. The summed E-state index contributed by atoms with van der Waals surface area (Å²) in [5.74, 6) is 1.34. The molecular formula is C21H21N3O4S. The number of methoxy groups -OCH3 is 3. The summed E-state index contributed by atoms with van der Waals surface area (Å²) in [5, 5.41) is 0.564. The van der Waals surface area contributed by atoms with Gasteiger partial charge < -0.3 is 14.2 Å². The van der Waals surface area contributed by atoms with Crippen LogP contribution in [0.5, 0.6) is 17.2 Å². The molecule has 2 heterocycles. The number of aliphatic imine (C=N–C) groups is 1. The molecule has 29 heavy (non-hydrogen) atoms. The third-order valence-corrected chi connectivity index (χ3v) is 5.10. The van der Waals surface area contributed by atoms with Gasteiger partial charge in [-0.25, -0.2) is 4.99 Å². The van der Waals surface area contributed by atoms with Gasteiger partial charge in [0.15, 0.2) is 16.7 Å². The minimum absolute atomic E-state index is 0.158. The van der Waals surface area contributed by atoms with Crippen molar-refractivity contribution in [3.05, 3.63) is 59.8 Å². The maximum atomic E-state index is 13.0. The normalized spacial score (nSPS) is 16.4. The van der Waals surface area contributed by atoms with Gasteiger partial charge >= 0.3 is 0 Å². The number of pyridine rings is 1. The van der Waals surface area contributed by atoms with E-state index in [0.29, 0.717) is 45.1 Å². The van der Waals surface area contributed by atoms with Crippen molar-refractivity contribution in [2.75, 3.05) is 27.9 Å². The highest BCUT2D eigenvalue weighted by Gasteiger charge is 2.33. The molecule has 1 aromatic carbocycles. The lowest BCUT2D eigenvalue weighted by atomic mass is 10.1. The van der Waals surface area contributed by atoms with Gasteiger partial charge in [0, 0.05) is 18.3 Å². The third-order valence-electron chi connectivity index (χ3n) is 4.09. The summed E-state index contributed by atoms with van der Waals surface area (Å²) in [7, 11) is 4.64. The highest BCUT2D eigenvalue weighted by atomic mass is 32.2. The summed E-state index contributed by atoms with van der Waals surface area (Å²) in [6, 6.07) is 7.21. The number of thioether (sulfide) groups is 1. The fraction of sp³-hybridized carbons (Fsp3) is 0.190. The van der Waals surface area contributed by atoms with Crippen molar-refractivity contribution in [3.8, 4) is 17.2 Å². The molecule has 0 saturated carbocycles. The van der Waals surface area contributed by atoms with Gasteiger partial charge in [-0.2, -0.15) is 0 Å². The Bertz CT molecular complexity index is 973. The van der Waals surface area contributed by atoms with Gasteiger partial charge in [-0.05, 0) is 42.1 Å². The number of ether oxygens (including phenoxy) is 3. The number of aromatic nitrogens is 1. The Morgan fingerprint density at radius 2 is 1.97 bits per heavy atom. The molecule has 1 fully saturated rings. The lowest BCUT2D eigenvalue weighted by Crippen LogP contribution is -2.29. The minimum Gasteiger partial charge on any atom is -0.493 e. The smallest absolute Gasteiger partial charge is 0.267 e. The van der Waals surface area contributed by atoms with E-state index in [0.717, 1.165) is 0 Å². The van der Waals surface area contributed by atoms with E-state index in [1.165, 1.54) is 18.9 Å². The van der Waals surface area contributed by atoms with Crippen LogP contribution in [0.1, 0.15) is 5.56 Å². The van der Waals surface area contributed by atoms with Gasteiger partial charge in [0.05, 0.1) is 38.1 Å². The van der Waals surface area contributed by atoms with Crippen LogP contribution in [-0.2, 0) is 4.79 Å². The van der Waals surface area contributed by atoms with Gasteiger partial charge in [0.25, 0.3) is 5.91 Å². The zero-order valence-corrected chi connectivity index (χ0v) is 17.2. The predicted molar refractivity (Wildman–Crippen MR) is 115 cm³/mol. The first kappa shape index (κ1) is 20.5. The molecule has 1 saturated heterocycles. The number of carbonyl (C=O) groups is 1. The highest BCUT2D eigenvalue weighted by molar-refractivity contribution is 8.18. The summed E-state index contributed by atoms with van der Waals surface area (Å²) in [4.78, 5) is 23.7. The van der Waals surface area contributed by atoms with Crippen molar-refractivity contribution in [1.29, 1.82) is 0 Å². The third kappa shape index (κ3) is 4.27. The van der Waals surface area contributed by atoms with E-state index in [2.05, 4.69) is 16.6 Å². The topological polar surface area (TPSA) is 73.2 Å². The van der Waals surface area contributed by atoms with Gasteiger partial charge in [0.1, 0.15) is 0 Å². The molecule has 2 aromatic rings. The van der Waals surface area contributed by atoms with E-state index in [-0.39, 0.29) is 5.91 Å². The number of hydrogen-bond acceptors (Lipinski definition) is 7. The Hall–Kier alpha value is -3.26. The molecule has 0 atom stereocenters. The second-order valence-corrected chi connectivity index (χ2v) is 6.85. The standard InChI is InChI=1S/C21H21N3O4S/c1-5-11-24-20(25)17(29-21(24)23-15-7-6-10-22-13-15)12-14-8-9-16(26-2)19(28-4)18(14)27-3/h5-10,12-13H,1,11H2,2-4H3/b17-12-,23-21?. The molecule has 1 aromatic heterocycles. The summed E-state index contributed by atoms with van der Waals surface area (Å²) in [6.07, 6.45) is 6.74. The summed E-state index contributed by atoms with van der Waals surface area (Å²) < 4.78 is 16.3. The van der Waals surface area contributed by atoms with Crippen LogP contribution in [-0.4, -0.2) is 48.8 Å². The van der Waals surface area contributed by atoms with E-state index in [1.807, 2.05) is 12.1 Å². The molecule has 1 aliphatic rings. The Kier molecular flexibility index (Phi) is 6.56. The molecule has 7 nitrogen and oxygen atoms in total. The van der Waals surface area contributed by atoms with Crippen LogP contribution >= 0.6 is 11.8 Å². The van der Waals surface area contributed by atoms with Crippen molar-refractivity contribution in [2.24, 2.45) is 4.99 Å². The number of amides is 1. The fourth-order valence-electron chi connectivity index (χ4n) is 2.79. The molecule has 0 radical (unpaired) electrons. The van der Waals surface area contributed by atoms with Crippen LogP contribution < -0.4 is 14.2 Å². The number of carbonyl (C=O) groups excluding carboxylic acids is 1. The second-order valence-electron chi connectivity index (χ2n) is 5.84. The maximum Gasteiger partial charge on any atom is 0.267 e. The molecule has 8 heteroatoms. The summed E-state index contributed by atoms with van der Waals surface area (Å²) >= 11 is 1.28. The molecule has 0 aliphatic carbocycles. The SMILES string of the molecule is C=CCN1C(=O)/C(=C/c2ccc(OC)c(OC)c2OC)SC1=Nc1cccnc1. The summed E-state index contributed by atoms with van der Waals surface area (Å²) in [5.41, 5.74) is 1.36. The van der Waals surface area contributed by atoms with Crippen LogP contribution in [0.2, 0.25) is 0 Å². The van der Waals surface area contributed by atoms with E-state index in [1.54, 1.807) is 55.8 Å². The van der Waals surface area contributed by atoms with Gasteiger partial charge in [0.2, 0.25) is 5.75 Å². The Balaban J connectivity index is 2.03. The van der Waals surface area contributed by atoms with Gasteiger partial charge in [-0.1, -0.05) is 6.08 Å². The first-order valence-corrected chi connectivity index (χ1v) is 9.54. The average molecular weight is 411 g/mol. The molecule has 0 unspecified atom stereocenters. The van der Waals surface area contributed by atoms with Crippen LogP contribution in [0.3, 0.4) is 0 Å². The van der Waals surface area contributed by atoms with Gasteiger partial charge in [-0.15, -0.1) is 6.58 Å². The first-order chi connectivity index (χ1) is 14.1. The maximum absolute atomic E-state index is 13.0. The second kappa shape index (κ2) is 9.29. The fourth-order valence-corrected chi connectivity index (χ4v) is 3.79. The number of benzene rings is 1. The Morgan fingerprint density at radius 1 is 1.17 bits per heavy atom. The van der Waals surface area contributed by atoms with E-state index in [4.69, 9.17) is 14.2 Å². The minimum atomic E-state index is -0.158. The van der Waals surface area contributed by atoms with Crippen molar-refractivity contribution < 1.29 is 19.0 Å². The van der Waals surface area contributed by atoms with Gasteiger partial charge in [-0.3, -0.25) is 14.7 Å². The molecule has 0 spiro atoms. The molecule has 150 valence electrons. The van der Waals surface area contributed by atoms with E-state index < -0.39 is 0 Å². The molecule has 1 aliphatic heterocycles. The lowest BCUT2D eigenvalue weighted by molar-refractivity contribution is -0.121.